The van der Waals surface area contributed by atoms with Crippen molar-refractivity contribution in [2.45, 2.75) is 57.5 Å². The van der Waals surface area contributed by atoms with E-state index in [1.165, 1.54) is 6.92 Å². The van der Waals surface area contributed by atoms with E-state index in [0.29, 0.717) is 12.8 Å². The molecule has 0 spiro atoms. The molecule has 0 aromatic carbocycles. The SMILES string of the molecule is C=C(C)C(=O)OC1CC2CC(C(=O)OCCC(F)(F)CC(F)F)C1C2. The van der Waals surface area contributed by atoms with Gasteiger partial charge in [0.2, 0.25) is 6.43 Å². The molecule has 4 nitrogen and oxygen atoms in total. The molecular weight excluding hydrogens is 344 g/mol. The molecule has 0 amide bonds. The van der Waals surface area contributed by atoms with Gasteiger partial charge in [-0.1, -0.05) is 6.58 Å². The second-order valence-electron chi connectivity index (χ2n) is 6.94. The van der Waals surface area contributed by atoms with Crippen molar-refractivity contribution >= 4 is 11.9 Å². The van der Waals surface area contributed by atoms with Crippen molar-refractivity contribution in [1.29, 1.82) is 0 Å². The first-order valence-electron chi connectivity index (χ1n) is 8.28. The minimum atomic E-state index is -3.57. The van der Waals surface area contributed by atoms with Gasteiger partial charge in [-0.05, 0) is 32.1 Å². The van der Waals surface area contributed by atoms with Gasteiger partial charge < -0.3 is 9.47 Å². The minimum Gasteiger partial charge on any atom is -0.465 e. The lowest BCUT2D eigenvalue weighted by Gasteiger charge is -2.28. The second-order valence-corrected chi connectivity index (χ2v) is 6.94. The number of rotatable bonds is 8. The van der Waals surface area contributed by atoms with Crippen molar-refractivity contribution in [3.63, 3.8) is 0 Å². The summed E-state index contributed by atoms with van der Waals surface area (Å²) in [6.45, 7) is 4.43. The lowest BCUT2D eigenvalue weighted by Crippen LogP contribution is -2.35. The van der Waals surface area contributed by atoms with Crippen LogP contribution in [0.4, 0.5) is 17.6 Å². The fourth-order valence-corrected chi connectivity index (χ4v) is 3.67. The minimum absolute atomic E-state index is 0.192. The number of ether oxygens (including phenoxy) is 2. The number of carbonyl (C=O) groups excluding carboxylic acids is 2. The smallest absolute Gasteiger partial charge is 0.333 e. The Kier molecular flexibility index (Phi) is 6.11. The topological polar surface area (TPSA) is 52.6 Å². The van der Waals surface area contributed by atoms with Crippen LogP contribution in [0.15, 0.2) is 12.2 Å². The van der Waals surface area contributed by atoms with Gasteiger partial charge in [0, 0.05) is 17.9 Å². The van der Waals surface area contributed by atoms with Gasteiger partial charge in [-0.15, -0.1) is 0 Å². The van der Waals surface area contributed by atoms with E-state index >= 15 is 0 Å². The van der Waals surface area contributed by atoms with Crippen LogP contribution in [-0.4, -0.2) is 37.0 Å². The Labute approximate surface area is 143 Å². The third-order valence-electron chi connectivity index (χ3n) is 4.83. The first-order valence-corrected chi connectivity index (χ1v) is 8.28. The third kappa shape index (κ3) is 5.19. The predicted molar refractivity (Wildman–Crippen MR) is 80.2 cm³/mol. The first kappa shape index (κ1) is 19.7. The molecule has 0 N–H and O–H groups in total. The summed E-state index contributed by atoms with van der Waals surface area (Å²) in [4.78, 5) is 23.8. The Morgan fingerprint density at radius 1 is 1.24 bits per heavy atom. The maximum Gasteiger partial charge on any atom is 0.333 e. The Bertz CT molecular complexity index is 535. The van der Waals surface area contributed by atoms with Gasteiger partial charge in [0.1, 0.15) is 6.10 Å². The molecule has 0 radical (unpaired) electrons. The highest BCUT2D eigenvalue weighted by Gasteiger charge is 2.51. The van der Waals surface area contributed by atoms with E-state index in [9.17, 15) is 27.2 Å². The predicted octanol–water partition coefficient (Wildman–Crippen LogP) is 3.74. The van der Waals surface area contributed by atoms with Crippen LogP contribution in [0, 0.1) is 17.8 Å². The Balaban J connectivity index is 1.82. The highest BCUT2D eigenvalue weighted by Crippen LogP contribution is 2.50. The van der Waals surface area contributed by atoms with Crippen LogP contribution >= 0.6 is 0 Å². The van der Waals surface area contributed by atoms with Crippen molar-refractivity contribution in [2.75, 3.05) is 6.61 Å². The lowest BCUT2D eigenvalue weighted by atomic mass is 9.86. The van der Waals surface area contributed by atoms with Crippen LogP contribution in [-0.2, 0) is 19.1 Å². The molecule has 2 saturated carbocycles. The summed E-state index contributed by atoms with van der Waals surface area (Å²) in [5.41, 5.74) is 0.267. The molecule has 2 aliphatic carbocycles. The van der Waals surface area contributed by atoms with Crippen molar-refractivity contribution in [3.8, 4) is 0 Å². The zero-order valence-electron chi connectivity index (χ0n) is 14.0. The monoisotopic (exact) mass is 366 g/mol. The van der Waals surface area contributed by atoms with Gasteiger partial charge in [0.25, 0.3) is 5.92 Å². The maximum atomic E-state index is 13.2. The summed E-state index contributed by atoms with van der Waals surface area (Å²) >= 11 is 0. The van der Waals surface area contributed by atoms with Crippen molar-refractivity contribution in [2.24, 2.45) is 17.8 Å². The van der Waals surface area contributed by atoms with Crippen LogP contribution in [0.5, 0.6) is 0 Å². The molecule has 2 aliphatic rings. The highest BCUT2D eigenvalue weighted by molar-refractivity contribution is 5.87. The summed E-state index contributed by atoms with van der Waals surface area (Å²) in [7, 11) is 0. The van der Waals surface area contributed by atoms with Crippen molar-refractivity contribution < 1.29 is 36.6 Å². The van der Waals surface area contributed by atoms with E-state index in [1.807, 2.05) is 0 Å². The van der Waals surface area contributed by atoms with Crippen molar-refractivity contribution in [1.82, 2.24) is 0 Å². The number of hydrogen-bond acceptors (Lipinski definition) is 4. The summed E-state index contributed by atoms with van der Waals surface area (Å²) in [5.74, 6) is -5.19. The van der Waals surface area contributed by atoms with Gasteiger partial charge in [0.05, 0.1) is 18.9 Å². The zero-order chi connectivity index (χ0) is 18.8. The Hall–Kier alpha value is -1.60. The molecular formula is C17H22F4O4. The van der Waals surface area contributed by atoms with Gasteiger partial charge in [0.15, 0.2) is 0 Å². The summed E-state index contributed by atoms with van der Waals surface area (Å²) in [6.07, 6.45) is -4.04. The number of halogens is 4. The molecule has 0 saturated heterocycles. The molecule has 0 aliphatic heterocycles. The zero-order valence-corrected chi connectivity index (χ0v) is 14.0. The molecule has 0 aromatic rings. The lowest BCUT2D eigenvalue weighted by molar-refractivity contribution is -0.160. The van der Waals surface area contributed by atoms with Crippen LogP contribution in [0.3, 0.4) is 0 Å². The van der Waals surface area contributed by atoms with Crippen LogP contribution < -0.4 is 0 Å². The number of alkyl halides is 4. The normalized spacial score (nSPS) is 28.2. The van der Waals surface area contributed by atoms with Gasteiger partial charge in [-0.2, -0.15) is 0 Å². The number of fused-ring (bicyclic) bond motifs is 2. The van der Waals surface area contributed by atoms with Gasteiger partial charge in [-0.25, -0.2) is 22.4 Å². The van der Waals surface area contributed by atoms with E-state index in [-0.39, 0.29) is 17.4 Å². The average molecular weight is 366 g/mol. The molecule has 0 heterocycles. The standard InChI is InChI=1S/C17H22F4O4/c1-9(2)15(22)25-13-7-10-5-11(13)12(6-10)16(23)24-4-3-17(20,21)8-14(18)19/h10-14H,1,3-8H2,2H3. The molecule has 4 unspecified atom stereocenters. The molecule has 2 bridgehead atoms. The number of carbonyl (C=O) groups is 2. The highest BCUT2D eigenvalue weighted by atomic mass is 19.3. The summed E-state index contributed by atoms with van der Waals surface area (Å²) in [6, 6.07) is 0. The quantitative estimate of drug-likeness (QED) is 0.373. The molecule has 142 valence electrons. The summed E-state index contributed by atoms with van der Waals surface area (Å²) in [5, 5.41) is 0. The van der Waals surface area contributed by atoms with Gasteiger partial charge in [-0.3, -0.25) is 4.79 Å². The second kappa shape index (κ2) is 7.74. The van der Waals surface area contributed by atoms with Crippen LogP contribution in [0.2, 0.25) is 0 Å². The van der Waals surface area contributed by atoms with E-state index in [1.54, 1.807) is 0 Å². The van der Waals surface area contributed by atoms with Crippen LogP contribution in [0.25, 0.3) is 0 Å². The molecule has 2 rings (SSSR count). The molecule has 4 atom stereocenters. The summed E-state index contributed by atoms with van der Waals surface area (Å²) < 4.78 is 60.7. The molecule has 25 heavy (non-hydrogen) atoms. The first-order chi connectivity index (χ1) is 11.6. The Morgan fingerprint density at radius 3 is 2.48 bits per heavy atom. The van der Waals surface area contributed by atoms with E-state index < -0.39 is 55.8 Å². The number of esters is 2. The Morgan fingerprint density at radius 2 is 1.92 bits per heavy atom. The van der Waals surface area contributed by atoms with Crippen molar-refractivity contribution in [3.05, 3.63) is 12.2 Å². The third-order valence-corrected chi connectivity index (χ3v) is 4.83. The largest absolute Gasteiger partial charge is 0.465 e. The van der Waals surface area contributed by atoms with Crippen LogP contribution in [0.1, 0.15) is 39.0 Å². The fourth-order valence-electron chi connectivity index (χ4n) is 3.67. The maximum absolute atomic E-state index is 13.2. The average Bonchev–Trinajstić information content (AvgIpc) is 3.05. The molecule has 0 aromatic heterocycles. The molecule has 2 fully saturated rings. The van der Waals surface area contributed by atoms with E-state index in [4.69, 9.17) is 9.47 Å². The van der Waals surface area contributed by atoms with E-state index in [2.05, 4.69) is 6.58 Å². The van der Waals surface area contributed by atoms with E-state index in [0.717, 1.165) is 6.42 Å². The number of hydrogen-bond donors (Lipinski definition) is 0. The molecule has 8 heteroatoms. The fraction of sp³-hybridized carbons (Fsp3) is 0.765. The van der Waals surface area contributed by atoms with Gasteiger partial charge >= 0.3 is 11.9 Å².